The van der Waals surface area contributed by atoms with Gasteiger partial charge in [-0.3, -0.25) is 9.59 Å². The average molecular weight is 341 g/mol. The molecule has 1 saturated heterocycles. The van der Waals surface area contributed by atoms with Gasteiger partial charge in [0.05, 0.1) is 17.2 Å². The summed E-state index contributed by atoms with van der Waals surface area (Å²) in [6, 6.07) is 0.666. The minimum atomic E-state index is -4.52. The summed E-state index contributed by atoms with van der Waals surface area (Å²) in [6.07, 6.45) is -2.43. The Balaban J connectivity index is 1.86. The highest BCUT2D eigenvalue weighted by molar-refractivity contribution is 6.03. The molecule has 2 aliphatic heterocycles. The van der Waals surface area contributed by atoms with Crippen molar-refractivity contribution in [2.45, 2.75) is 38.4 Å². The molecule has 1 fully saturated rings. The Bertz CT molecular complexity index is 675. The molecule has 0 N–H and O–H groups in total. The van der Waals surface area contributed by atoms with Crippen molar-refractivity contribution in [3.05, 3.63) is 23.4 Å². The third-order valence-corrected chi connectivity index (χ3v) is 4.49. The Morgan fingerprint density at radius 2 is 2.12 bits per heavy atom. The van der Waals surface area contributed by atoms with Gasteiger partial charge in [-0.1, -0.05) is 6.92 Å². The van der Waals surface area contributed by atoms with Gasteiger partial charge < -0.3 is 9.80 Å². The third kappa shape index (κ3) is 2.97. The number of amides is 1. The monoisotopic (exact) mass is 341 g/mol. The van der Waals surface area contributed by atoms with E-state index in [1.54, 1.807) is 4.90 Å². The predicted octanol–water partition coefficient (Wildman–Crippen LogP) is 2.50. The number of carbonyl (C=O) groups is 2. The molecule has 5 nitrogen and oxygen atoms in total. The number of pyridine rings is 1. The van der Waals surface area contributed by atoms with E-state index >= 15 is 0 Å². The first kappa shape index (κ1) is 16.7. The summed E-state index contributed by atoms with van der Waals surface area (Å²) < 4.78 is 38.5. The van der Waals surface area contributed by atoms with Crippen LogP contribution < -0.4 is 4.90 Å². The molecule has 1 aromatic heterocycles. The molecule has 0 radical (unpaired) electrons. The van der Waals surface area contributed by atoms with Crippen molar-refractivity contribution < 1.29 is 22.8 Å². The second kappa shape index (κ2) is 6.07. The molecule has 3 rings (SSSR count). The number of hydrogen-bond donors (Lipinski definition) is 0. The zero-order valence-corrected chi connectivity index (χ0v) is 13.3. The fourth-order valence-corrected chi connectivity index (χ4v) is 3.28. The van der Waals surface area contributed by atoms with Crippen LogP contribution in [0, 0.1) is 0 Å². The molecule has 130 valence electrons. The zero-order valence-electron chi connectivity index (χ0n) is 13.3. The molecule has 8 heteroatoms. The van der Waals surface area contributed by atoms with Crippen LogP contribution in [-0.2, 0) is 11.0 Å². The van der Waals surface area contributed by atoms with Crippen LogP contribution in [0.3, 0.4) is 0 Å². The molecule has 1 atom stereocenters. The highest BCUT2D eigenvalue weighted by Gasteiger charge is 2.39. The Morgan fingerprint density at radius 1 is 1.38 bits per heavy atom. The molecular weight excluding hydrogens is 323 g/mol. The first-order valence-corrected chi connectivity index (χ1v) is 7.96. The van der Waals surface area contributed by atoms with E-state index in [4.69, 9.17) is 0 Å². The fourth-order valence-electron chi connectivity index (χ4n) is 3.28. The van der Waals surface area contributed by atoms with Crippen LogP contribution in [0.25, 0.3) is 0 Å². The maximum atomic E-state index is 12.8. The first-order chi connectivity index (χ1) is 11.3. The van der Waals surface area contributed by atoms with Crippen LogP contribution >= 0.6 is 0 Å². The predicted molar refractivity (Wildman–Crippen MR) is 80.8 cm³/mol. The summed E-state index contributed by atoms with van der Waals surface area (Å²) in [5.74, 6) is -0.00254. The molecule has 3 heterocycles. The Morgan fingerprint density at radius 3 is 2.79 bits per heavy atom. The highest BCUT2D eigenvalue weighted by atomic mass is 19.4. The number of aromatic nitrogens is 1. The topological polar surface area (TPSA) is 53.5 Å². The molecule has 0 spiro atoms. The molecule has 0 saturated carbocycles. The molecule has 0 aliphatic carbocycles. The number of alkyl halides is 3. The maximum Gasteiger partial charge on any atom is 0.417 e. The van der Waals surface area contributed by atoms with Crippen molar-refractivity contribution in [3.8, 4) is 0 Å². The van der Waals surface area contributed by atoms with Gasteiger partial charge in [-0.2, -0.15) is 13.2 Å². The van der Waals surface area contributed by atoms with Crippen LogP contribution in [-0.4, -0.2) is 47.3 Å². The van der Waals surface area contributed by atoms with E-state index in [1.165, 1.54) is 0 Å². The highest BCUT2D eigenvalue weighted by Crippen LogP contribution is 2.36. The summed E-state index contributed by atoms with van der Waals surface area (Å²) in [5.41, 5.74) is -0.890. The number of halogens is 3. The van der Waals surface area contributed by atoms with Gasteiger partial charge in [-0.15, -0.1) is 0 Å². The van der Waals surface area contributed by atoms with Crippen LogP contribution in [0.15, 0.2) is 12.3 Å². The van der Waals surface area contributed by atoms with Crippen LogP contribution in [0.4, 0.5) is 19.0 Å². The Hall–Kier alpha value is -2.12. The quantitative estimate of drug-likeness (QED) is 0.829. The first-order valence-electron chi connectivity index (χ1n) is 7.96. The van der Waals surface area contributed by atoms with E-state index in [9.17, 15) is 22.8 Å². The molecule has 0 bridgehead atoms. The number of carbonyl (C=O) groups excluding carboxylic acids is 2. The van der Waals surface area contributed by atoms with Crippen LogP contribution in [0.2, 0.25) is 0 Å². The van der Waals surface area contributed by atoms with E-state index in [1.807, 2.05) is 11.8 Å². The van der Waals surface area contributed by atoms with Crippen LogP contribution in [0.5, 0.6) is 0 Å². The summed E-state index contributed by atoms with van der Waals surface area (Å²) in [4.78, 5) is 31.8. The number of Topliss-reactive ketones (excluding diaryl/α,β-unsaturated/α-hetero) is 1. The van der Waals surface area contributed by atoms with Crippen molar-refractivity contribution in [1.29, 1.82) is 0 Å². The van der Waals surface area contributed by atoms with Gasteiger partial charge in [-0.25, -0.2) is 4.98 Å². The number of piperazine rings is 1. The van der Waals surface area contributed by atoms with Gasteiger partial charge in [0.25, 0.3) is 0 Å². The van der Waals surface area contributed by atoms with Crippen molar-refractivity contribution in [2.75, 3.05) is 24.5 Å². The molecule has 24 heavy (non-hydrogen) atoms. The number of fused-ring (bicyclic) bond motifs is 3. The van der Waals surface area contributed by atoms with Crippen molar-refractivity contribution in [1.82, 2.24) is 9.88 Å². The minimum Gasteiger partial charge on any atom is -0.349 e. The summed E-state index contributed by atoms with van der Waals surface area (Å²) >= 11 is 0. The van der Waals surface area contributed by atoms with E-state index in [0.717, 1.165) is 18.7 Å². The number of nitrogens with zero attached hydrogens (tertiary/aromatic N) is 3. The third-order valence-electron chi connectivity index (χ3n) is 4.49. The second-order valence-electron chi connectivity index (χ2n) is 6.16. The summed E-state index contributed by atoms with van der Waals surface area (Å²) in [5, 5.41) is 0. The van der Waals surface area contributed by atoms with Gasteiger partial charge in [-0.05, 0) is 12.5 Å². The second-order valence-corrected chi connectivity index (χ2v) is 6.16. The summed E-state index contributed by atoms with van der Waals surface area (Å²) in [7, 11) is 0. The Labute approximate surface area is 137 Å². The van der Waals surface area contributed by atoms with E-state index in [2.05, 4.69) is 4.98 Å². The molecule has 1 amide bonds. The van der Waals surface area contributed by atoms with E-state index < -0.39 is 11.7 Å². The number of rotatable bonds is 2. The number of ketones is 1. The molecule has 2 aliphatic rings. The van der Waals surface area contributed by atoms with Crippen molar-refractivity contribution in [2.24, 2.45) is 0 Å². The fraction of sp³-hybridized carbons (Fsp3) is 0.562. The van der Waals surface area contributed by atoms with Gasteiger partial charge in [0.2, 0.25) is 5.91 Å². The van der Waals surface area contributed by atoms with Crippen molar-refractivity contribution >= 4 is 17.5 Å². The molecule has 1 unspecified atom stereocenters. The van der Waals surface area contributed by atoms with E-state index in [-0.39, 0.29) is 29.7 Å². The van der Waals surface area contributed by atoms with E-state index in [0.29, 0.717) is 31.9 Å². The largest absolute Gasteiger partial charge is 0.417 e. The summed E-state index contributed by atoms with van der Waals surface area (Å²) in [6.45, 7) is 3.30. The van der Waals surface area contributed by atoms with Crippen LogP contribution in [0.1, 0.15) is 42.1 Å². The van der Waals surface area contributed by atoms with Gasteiger partial charge in [0.15, 0.2) is 5.78 Å². The number of hydrogen-bond acceptors (Lipinski definition) is 4. The zero-order chi connectivity index (χ0) is 17.5. The van der Waals surface area contributed by atoms with Crippen molar-refractivity contribution in [3.63, 3.8) is 0 Å². The average Bonchev–Trinajstić information content (AvgIpc) is 2.53. The smallest absolute Gasteiger partial charge is 0.349 e. The lowest BCUT2D eigenvalue weighted by Gasteiger charge is -2.44. The van der Waals surface area contributed by atoms with Gasteiger partial charge in [0, 0.05) is 38.7 Å². The minimum absolute atomic E-state index is 0.0226. The van der Waals surface area contributed by atoms with Gasteiger partial charge in [0.1, 0.15) is 5.82 Å². The van der Waals surface area contributed by atoms with Gasteiger partial charge >= 0.3 is 6.18 Å². The molecule has 1 aromatic rings. The Kier molecular flexibility index (Phi) is 4.23. The number of anilines is 1. The standard InChI is InChI=1S/C16H18F3N3O2/c1-2-3-14(24)21-4-5-22-11(9-21)7-13(23)12-6-10(16(17,18)19)8-20-15(12)22/h6,8,11H,2-5,7,9H2,1H3. The maximum absolute atomic E-state index is 12.8. The molecular formula is C16H18F3N3O2. The lowest BCUT2D eigenvalue weighted by molar-refractivity contribution is -0.138. The molecule has 0 aromatic carbocycles. The lowest BCUT2D eigenvalue weighted by Crippen LogP contribution is -2.57. The SMILES string of the molecule is CCCC(=O)N1CCN2c3ncc(C(F)(F)F)cc3C(=O)CC2C1. The lowest BCUT2D eigenvalue weighted by atomic mass is 9.94. The normalized spacial score (nSPS) is 20.7.